The highest BCUT2D eigenvalue weighted by atomic mass is 32.2. The van der Waals surface area contributed by atoms with E-state index in [2.05, 4.69) is 29.0 Å². The summed E-state index contributed by atoms with van der Waals surface area (Å²) in [7, 11) is 1.69. The van der Waals surface area contributed by atoms with Crippen LogP contribution in [0.2, 0.25) is 0 Å². The minimum absolute atomic E-state index is 0.837. The molecule has 26 heavy (non-hydrogen) atoms. The molecule has 3 aromatic rings. The molecule has 0 N–H and O–H groups in total. The van der Waals surface area contributed by atoms with E-state index in [1.54, 1.807) is 25.2 Å². The van der Waals surface area contributed by atoms with Crippen LogP contribution in [-0.4, -0.2) is 26.9 Å². The molecule has 0 unspecified atom stereocenters. The lowest BCUT2D eigenvalue weighted by atomic mass is 9.96. The second-order valence-corrected chi connectivity index (χ2v) is 7.48. The average Bonchev–Trinajstić information content (AvgIpc) is 3.04. The van der Waals surface area contributed by atoms with Crippen molar-refractivity contribution >= 4 is 11.8 Å². The molecular formula is C20H22N4OS. The van der Waals surface area contributed by atoms with Gasteiger partial charge in [0.25, 0.3) is 0 Å². The Hall–Kier alpha value is -2.34. The van der Waals surface area contributed by atoms with Crippen LogP contribution in [0.5, 0.6) is 5.75 Å². The van der Waals surface area contributed by atoms with E-state index in [-0.39, 0.29) is 0 Å². The van der Waals surface area contributed by atoms with Gasteiger partial charge in [0.15, 0.2) is 5.82 Å². The molecule has 0 saturated carbocycles. The number of hydrogen-bond acceptors (Lipinski definition) is 5. The third kappa shape index (κ3) is 3.46. The number of methoxy groups -OCH3 is 1. The van der Waals surface area contributed by atoms with Crippen LogP contribution >= 0.6 is 11.8 Å². The fourth-order valence-electron chi connectivity index (χ4n) is 3.42. The predicted octanol–water partition coefficient (Wildman–Crippen LogP) is 4.15. The third-order valence-corrected chi connectivity index (χ3v) is 5.74. The smallest absolute Gasteiger partial charge is 0.158 e. The quantitative estimate of drug-likeness (QED) is 0.501. The zero-order chi connectivity index (χ0) is 17.9. The van der Waals surface area contributed by atoms with Crippen molar-refractivity contribution in [2.24, 2.45) is 0 Å². The number of nitrogens with zero attached hydrogens (tertiary/aromatic N) is 4. The summed E-state index contributed by atoms with van der Waals surface area (Å²) in [6.07, 6.45) is 6.32. The summed E-state index contributed by atoms with van der Waals surface area (Å²) < 4.78 is 7.31. The van der Waals surface area contributed by atoms with E-state index in [0.717, 1.165) is 40.9 Å². The van der Waals surface area contributed by atoms with Gasteiger partial charge in [0.2, 0.25) is 0 Å². The number of aryl methyl sites for hydroxylation is 1. The minimum Gasteiger partial charge on any atom is -0.497 e. The highest BCUT2D eigenvalue weighted by molar-refractivity contribution is 7.98. The summed E-state index contributed by atoms with van der Waals surface area (Å²) in [5.74, 6) is 2.58. The summed E-state index contributed by atoms with van der Waals surface area (Å²) in [6.45, 7) is 2.10. The van der Waals surface area contributed by atoms with E-state index >= 15 is 0 Å². The van der Waals surface area contributed by atoms with Crippen LogP contribution in [-0.2, 0) is 18.6 Å². The lowest BCUT2D eigenvalue weighted by molar-refractivity contribution is 0.414. The van der Waals surface area contributed by atoms with Crippen molar-refractivity contribution in [1.29, 1.82) is 0 Å². The number of aromatic nitrogens is 4. The Balaban J connectivity index is 1.55. The van der Waals surface area contributed by atoms with Gasteiger partial charge in [-0.15, -0.1) is 11.8 Å². The molecule has 0 saturated heterocycles. The number of rotatable bonds is 5. The highest BCUT2D eigenvalue weighted by Crippen LogP contribution is 2.28. The number of fused-ring (bicyclic) bond motifs is 1. The summed E-state index contributed by atoms with van der Waals surface area (Å²) in [5, 5.41) is 5.70. The fraction of sp³-hybridized carbons (Fsp3) is 0.350. The summed E-state index contributed by atoms with van der Waals surface area (Å²) in [5.41, 5.74) is 5.06. The number of thioether (sulfide) groups is 1. The van der Waals surface area contributed by atoms with E-state index in [1.807, 2.05) is 22.9 Å². The topological polar surface area (TPSA) is 52.8 Å². The van der Waals surface area contributed by atoms with Crippen molar-refractivity contribution in [3.8, 4) is 11.6 Å². The molecule has 2 heterocycles. The second kappa shape index (κ2) is 7.50. The summed E-state index contributed by atoms with van der Waals surface area (Å²) >= 11 is 1.70. The maximum atomic E-state index is 5.29. The first kappa shape index (κ1) is 17.1. The molecule has 1 aromatic carbocycles. The monoisotopic (exact) mass is 366 g/mol. The maximum absolute atomic E-state index is 5.29. The van der Waals surface area contributed by atoms with Crippen LogP contribution in [0.3, 0.4) is 0 Å². The first-order chi connectivity index (χ1) is 12.7. The predicted molar refractivity (Wildman–Crippen MR) is 103 cm³/mol. The largest absolute Gasteiger partial charge is 0.497 e. The summed E-state index contributed by atoms with van der Waals surface area (Å²) in [4.78, 5) is 8.89. The van der Waals surface area contributed by atoms with Crippen LogP contribution in [0.4, 0.5) is 0 Å². The SMILES string of the molecule is COc1cccc(CSc2cc(-n3nc(C)c4c3CCCC4)ncn2)c1. The molecule has 0 fully saturated rings. The van der Waals surface area contributed by atoms with E-state index in [0.29, 0.717) is 0 Å². The van der Waals surface area contributed by atoms with E-state index in [1.165, 1.54) is 29.7 Å². The molecule has 4 rings (SSSR count). The van der Waals surface area contributed by atoms with Crippen LogP contribution < -0.4 is 4.74 Å². The molecule has 0 radical (unpaired) electrons. The van der Waals surface area contributed by atoms with Crippen LogP contribution in [0.15, 0.2) is 41.7 Å². The lowest BCUT2D eigenvalue weighted by Gasteiger charge is -2.13. The molecule has 5 nitrogen and oxygen atoms in total. The van der Waals surface area contributed by atoms with Gasteiger partial charge in [0.1, 0.15) is 17.1 Å². The molecule has 1 aliphatic carbocycles. The Labute approximate surface area is 157 Å². The van der Waals surface area contributed by atoms with E-state index < -0.39 is 0 Å². The molecule has 0 bridgehead atoms. The van der Waals surface area contributed by atoms with Gasteiger partial charge in [0, 0.05) is 17.5 Å². The van der Waals surface area contributed by atoms with E-state index in [9.17, 15) is 0 Å². The number of benzene rings is 1. The zero-order valence-electron chi connectivity index (χ0n) is 15.1. The highest BCUT2D eigenvalue weighted by Gasteiger charge is 2.20. The first-order valence-electron chi connectivity index (χ1n) is 8.90. The van der Waals surface area contributed by atoms with Crippen molar-refractivity contribution in [3.63, 3.8) is 0 Å². The number of hydrogen-bond donors (Lipinski definition) is 0. The van der Waals surface area contributed by atoms with Gasteiger partial charge in [-0.3, -0.25) is 0 Å². The zero-order valence-corrected chi connectivity index (χ0v) is 15.9. The fourth-order valence-corrected chi connectivity index (χ4v) is 4.22. The Bertz CT molecular complexity index is 922. The van der Waals surface area contributed by atoms with Gasteiger partial charge in [-0.1, -0.05) is 12.1 Å². The van der Waals surface area contributed by atoms with Crippen molar-refractivity contribution in [2.45, 2.75) is 43.4 Å². The average molecular weight is 366 g/mol. The van der Waals surface area contributed by atoms with Gasteiger partial charge in [-0.2, -0.15) is 5.10 Å². The van der Waals surface area contributed by atoms with Crippen LogP contribution in [0.25, 0.3) is 5.82 Å². The molecule has 1 aliphatic rings. The van der Waals surface area contributed by atoms with Gasteiger partial charge < -0.3 is 4.74 Å². The minimum atomic E-state index is 0.837. The van der Waals surface area contributed by atoms with Gasteiger partial charge >= 0.3 is 0 Å². The number of ether oxygens (including phenoxy) is 1. The van der Waals surface area contributed by atoms with Crippen molar-refractivity contribution in [1.82, 2.24) is 19.7 Å². The Morgan fingerprint density at radius 1 is 1.15 bits per heavy atom. The van der Waals surface area contributed by atoms with Crippen molar-refractivity contribution in [2.75, 3.05) is 7.11 Å². The normalized spacial score (nSPS) is 13.5. The summed E-state index contributed by atoms with van der Waals surface area (Å²) in [6, 6.07) is 10.2. The van der Waals surface area contributed by atoms with Crippen LogP contribution in [0.1, 0.15) is 35.4 Å². The molecule has 0 atom stereocenters. The maximum Gasteiger partial charge on any atom is 0.158 e. The Morgan fingerprint density at radius 3 is 2.92 bits per heavy atom. The molecular weight excluding hydrogens is 344 g/mol. The van der Waals surface area contributed by atoms with Gasteiger partial charge in [-0.05, 0) is 55.9 Å². The Morgan fingerprint density at radius 2 is 2.04 bits per heavy atom. The first-order valence-corrected chi connectivity index (χ1v) is 9.88. The van der Waals surface area contributed by atoms with Gasteiger partial charge in [0.05, 0.1) is 12.8 Å². The second-order valence-electron chi connectivity index (χ2n) is 6.48. The molecule has 6 heteroatoms. The van der Waals surface area contributed by atoms with E-state index in [4.69, 9.17) is 9.84 Å². The Kier molecular flexibility index (Phi) is 4.93. The lowest BCUT2D eigenvalue weighted by Crippen LogP contribution is -2.09. The molecule has 0 spiro atoms. The van der Waals surface area contributed by atoms with Gasteiger partial charge in [-0.25, -0.2) is 14.6 Å². The molecule has 0 aliphatic heterocycles. The van der Waals surface area contributed by atoms with Crippen molar-refractivity contribution in [3.05, 3.63) is 59.2 Å². The van der Waals surface area contributed by atoms with Crippen molar-refractivity contribution < 1.29 is 4.74 Å². The van der Waals surface area contributed by atoms with Crippen LogP contribution in [0, 0.1) is 6.92 Å². The molecule has 2 aromatic heterocycles. The molecule has 0 amide bonds. The standard InChI is InChI=1S/C20H22N4OS/c1-14-17-8-3-4-9-18(17)24(23-14)19-11-20(22-13-21-19)26-12-15-6-5-7-16(10-15)25-2/h5-7,10-11,13H,3-4,8-9,12H2,1-2H3. The third-order valence-electron chi connectivity index (χ3n) is 4.75. The molecule has 134 valence electrons.